The van der Waals surface area contributed by atoms with E-state index in [9.17, 15) is 9.59 Å². The number of esters is 1. The number of hydrogen-bond donors (Lipinski definition) is 2. The van der Waals surface area contributed by atoms with Crippen molar-refractivity contribution in [2.75, 3.05) is 13.2 Å². The molecule has 1 aliphatic heterocycles. The van der Waals surface area contributed by atoms with Gasteiger partial charge >= 0.3 is 12.1 Å². The summed E-state index contributed by atoms with van der Waals surface area (Å²) >= 11 is 0. The number of rotatable bonds is 4. The van der Waals surface area contributed by atoms with E-state index < -0.39 is 23.3 Å². The van der Waals surface area contributed by atoms with E-state index in [1.165, 1.54) is 0 Å². The van der Waals surface area contributed by atoms with Gasteiger partial charge in [0, 0.05) is 0 Å². The molecule has 19 heavy (non-hydrogen) atoms. The van der Waals surface area contributed by atoms with E-state index >= 15 is 0 Å². The van der Waals surface area contributed by atoms with Crippen LogP contribution in [0.4, 0.5) is 4.79 Å². The summed E-state index contributed by atoms with van der Waals surface area (Å²) in [5.74, 6) is -0.446. The second-order valence-corrected chi connectivity index (χ2v) is 5.20. The van der Waals surface area contributed by atoms with Crippen LogP contribution >= 0.6 is 0 Å². The standard InChI is InChI=1S/C11H20N4O4/c1-5-18-8(16)6-11(7-12-15-14-11)13-9(17)19-10(2,3)4/h5-7H2,1-4H3,(H,12,14)(H,13,17). The van der Waals surface area contributed by atoms with Crippen LogP contribution in [0.25, 0.3) is 0 Å². The van der Waals surface area contributed by atoms with Gasteiger partial charge in [-0.3, -0.25) is 15.5 Å². The third-order valence-electron chi connectivity index (χ3n) is 2.17. The molecule has 1 amide bonds. The normalized spacial score (nSPS) is 21.7. The smallest absolute Gasteiger partial charge is 0.409 e. The molecule has 1 heterocycles. The number of amides is 1. The molecule has 1 aliphatic rings. The quantitative estimate of drug-likeness (QED) is 0.747. The Balaban J connectivity index is 2.62. The third-order valence-corrected chi connectivity index (χ3v) is 2.17. The van der Waals surface area contributed by atoms with Crippen LogP contribution in [0.3, 0.4) is 0 Å². The molecule has 0 aromatic heterocycles. The molecule has 0 radical (unpaired) electrons. The topological polar surface area (TPSA) is 101 Å². The molecule has 0 saturated heterocycles. The fourth-order valence-corrected chi connectivity index (χ4v) is 1.49. The van der Waals surface area contributed by atoms with Crippen LogP contribution in [-0.2, 0) is 14.3 Å². The van der Waals surface area contributed by atoms with Gasteiger partial charge in [0.15, 0.2) is 5.66 Å². The van der Waals surface area contributed by atoms with Crippen molar-refractivity contribution < 1.29 is 19.1 Å². The highest BCUT2D eigenvalue weighted by Gasteiger charge is 2.39. The first-order valence-corrected chi connectivity index (χ1v) is 6.07. The van der Waals surface area contributed by atoms with Gasteiger partial charge in [-0.05, 0) is 27.7 Å². The average Bonchev–Trinajstić information content (AvgIpc) is 2.62. The Morgan fingerprint density at radius 2 is 2.11 bits per heavy atom. The van der Waals surface area contributed by atoms with E-state index in [0.29, 0.717) is 0 Å². The highest BCUT2D eigenvalue weighted by molar-refractivity contribution is 5.74. The first-order chi connectivity index (χ1) is 8.76. The second kappa shape index (κ2) is 5.85. The van der Waals surface area contributed by atoms with Gasteiger partial charge in [-0.1, -0.05) is 5.22 Å². The van der Waals surface area contributed by atoms with Crippen LogP contribution in [0.2, 0.25) is 0 Å². The Morgan fingerprint density at radius 1 is 1.42 bits per heavy atom. The van der Waals surface area contributed by atoms with Crippen LogP contribution in [0.1, 0.15) is 34.1 Å². The molecule has 0 fully saturated rings. The van der Waals surface area contributed by atoms with Crippen molar-refractivity contribution in [2.24, 2.45) is 10.3 Å². The first-order valence-electron chi connectivity index (χ1n) is 6.07. The van der Waals surface area contributed by atoms with Gasteiger partial charge in [-0.2, -0.15) is 5.11 Å². The summed E-state index contributed by atoms with van der Waals surface area (Å²) in [6.07, 6.45) is -0.718. The molecule has 0 aliphatic carbocycles. The molecule has 8 nitrogen and oxygen atoms in total. The number of carbonyl (C=O) groups is 2. The zero-order chi connectivity index (χ0) is 14.5. The van der Waals surface area contributed by atoms with Crippen molar-refractivity contribution in [1.82, 2.24) is 10.7 Å². The summed E-state index contributed by atoms with van der Waals surface area (Å²) in [6, 6.07) is 0. The lowest BCUT2D eigenvalue weighted by Gasteiger charge is -2.29. The maximum Gasteiger partial charge on any atom is 0.409 e. The molecule has 108 valence electrons. The number of nitrogens with zero attached hydrogens (tertiary/aromatic N) is 2. The zero-order valence-electron chi connectivity index (χ0n) is 11.6. The lowest BCUT2D eigenvalue weighted by Crippen LogP contribution is -2.59. The van der Waals surface area contributed by atoms with Gasteiger partial charge < -0.3 is 9.47 Å². The van der Waals surface area contributed by atoms with Gasteiger partial charge in [-0.25, -0.2) is 4.79 Å². The Bertz CT molecular complexity index is 367. The molecular weight excluding hydrogens is 252 g/mol. The highest BCUT2D eigenvalue weighted by Crippen LogP contribution is 2.16. The van der Waals surface area contributed by atoms with E-state index in [4.69, 9.17) is 9.47 Å². The molecule has 0 aromatic carbocycles. The minimum atomic E-state index is -1.07. The van der Waals surface area contributed by atoms with Crippen molar-refractivity contribution in [2.45, 2.75) is 45.4 Å². The predicted octanol–water partition coefficient (Wildman–Crippen LogP) is 1.13. The van der Waals surface area contributed by atoms with Gasteiger partial charge in [0.25, 0.3) is 0 Å². The predicted molar refractivity (Wildman–Crippen MR) is 66.2 cm³/mol. The van der Waals surface area contributed by atoms with Gasteiger partial charge in [0.2, 0.25) is 0 Å². The minimum Gasteiger partial charge on any atom is -0.466 e. The molecule has 0 bridgehead atoms. The van der Waals surface area contributed by atoms with E-state index in [1.807, 2.05) is 0 Å². The first kappa shape index (κ1) is 15.2. The number of alkyl carbamates (subject to hydrolysis) is 1. The summed E-state index contributed by atoms with van der Waals surface area (Å²) in [4.78, 5) is 23.3. The average molecular weight is 272 g/mol. The van der Waals surface area contributed by atoms with Crippen LogP contribution in [0, 0.1) is 0 Å². The summed E-state index contributed by atoms with van der Waals surface area (Å²) in [5, 5.41) is 9.91. The van der Waals surface area contributed by atoms with Gasteiger partial charge in [-0.15, -0.1) is 0 Å². The largest absolute Gasteiger partial charge is 0.466 e. The summed E-state index contributed by atoms with van der Waals surface area (Å²) in [7, 11) is 0. The molecule has 2 N–H and O–H groups in total. The molecular formula is C11H20N4O4. The molecule has 8 heteroatoms. The van der Waals surface area contributed by atoms with Crippen molar-refractivity contribution in [1.29, 1.82) is 0 Å². The SMILES string of the molecule is CCOC(=O)CC1(NC(=O)OC(C)(C)C)CN=NN1. The molecule has 0 spiro atoms. The van der Waals surface area contributed by atoms with Crippen molar-refractivity contribution >= 4 is 12.1 Å². The maximum absolute atomic E-state index is 11.8. The van der Waals surface area contributed by atoms with E-state index in [-0.39, 0.29) is 19.6 Å². The number of nitrogens with one attached hydrogen (secondary N) is 2. The fraction of sp³-hybridized carbons (Fsp3) is 0.818. The monoisotopic (exact) mass is 272 g/mol. The molecule has 0 aromatic rings. The second-order valence-electron chi connectivity index (χ2n) is 5.20. The van der Waals surface area contributed by atoms with Crippen LogP contribution in [0.15, 0.2) is 10.3 Å². The Labute approximate surface area is 111 Å². The Morgan fingerprint density at radius 3 is 2.58 bits per heavy atom. The summed E-state index contributed by atoms with van der Waals surface area (Å²) in [5.41, 5.74) is 0.924. The van der Waals surface area contributed by atoms with Crippen molar-refractivity contribution in [3.8, 4) is 0 Å². The zero-order valence-corrected chi connectivity index (χ0v) is 11.6. The lowest BCUT2D eigenvalue weighted by molar-refractivity contribution is -0.144. The third kappa shape index (κ3) is 5.11. The lowest BCUT2D eigenvalue weighted by atomic mass is 10.1. The van der Waals surface area contributed by atoms with Crippen LogP contribution < -0.4 is 10.7 Å². The Kier molecular flexibility index (Phi) is 4.68. The van der Waals surface area contributed by atoms with Crippen LogP contribution in [-0.4, -0.2) is 36.5 Å². The maximum atomic E-state index is 11.8. The highest BCUT2D eigenvalue weighted by atomic mass is 16.6. The van der Waals surface area contributed by atoms with E-state index in [0.717, 1.165) is 0 Å². The number of carbonyl (C=O) groups excluding carboxylic acids is 2. The summed E-state index contributed by atoms with van der Waals surface area (Å²) < 4.78 is 10.00. The van der Waals surface area contributed by atoms with Crippen molar-refractivity contribution in [3.05, 3.63) is 0 Å². The molecule has 1 rings (SSSR count). The molecule has 1 unspecified atom stereocenters. The van der Waals surface area contributed by atoms with Crippen molar-refractivity contribution in [3.63, 3.8) is 0 Å². The van der Waals surface area contributed by atoms with Gasteiger partial charge in [0.1, 0.15) is 12.1 Å². The minimum absolute atomic E-state index is 0.0763. The van der Waals surface area contributed by atoms with E-state index in [2.05, 4.69) is 21.1 Å². The van der Waals surface area contributed by atoms with E-state index in [1.54, 1.807) is 27.7 Å². The number of hydrogen-bond acceptors (Lipinski definition) is 7. The Hall–Kier alpha value is -1.86. The van der Waals surface area contributed by atoms with Gasteiger partial charge in [0.05, 0.1) is 13.0 Å². The number of ether oxygens (including phenoxy) is 2. The van der Waals surface area contributed by atoms with Crippen LogP contribution in [0.5, 0.6) is 0 Å². The summed E-state index contributed by atoms with van der Waals surface area (Å²) in [6.45, 7) is 7.38. The fourth-order valence-electron chi connectivity index (χ4n) is 1.49. The molecule has 1 atom stereocenters. The molecule has 0 saturated carbocycles.